The van der Waals surface area contributed by atoms with Gasteiger partial charge in [-0.3, -0.25) is 9.69 Å². The van der Waals surface area contributed by atoms with Crippen molar-refractivity contribution < 1.29 is 14.3 Å². The van der Waals surface area contributed by atoms with Crippen molar-refractivity contribution in [2.24, 2.45) is 5.92 Å². The Hall–Kier alpha value is -1.14. The van der Waals surface area contributed by atoms with Crippen molar-refractivity contribution >= 4 is 11.9 Å². The van der Waals surface area contributed by atoms with Crippen molar-refractivity contribution in [3.05, 3.63) is 0 Å². The lowest BCUT2D eigenvalue weighted by atomic mass is 9.85. The SMILES string of the molecule is CC[C@H](C)N1CCC2(CC1)C(=O)N(CC(C)C)C(=O)N2CCOC. The zero-order valence-electron chi connectivity index (χ0n) is 15.9. The predicted molar refractivity (Wildman–Crippen MR) is 93.8 cm³/mol. The van der Waals surface area contributed by atoms with Gasteiger partial charge in [0.05, 0.1) is 6.61 Å². The molecule has 1 spiro atoms. The Morgan fingerprint density at radius 2 is 1.79 bits per heavy atom. The summed E-state index contributed by atoms with van der Waals surface area (Å²) >= 11 is 0. The number of rotatable bonds is 7. The van der Waals surface area contributed by atoms with Gasteiger partial charge in [-0.1, -0.05) is 20.8 Å². The van der Waals surface area contributed by atoms with E-state index in [2.05, 4.69) is 18.7 Å². The second-order valence-corrected chi connectivity index (χ2v) is 7.56. The minimum atomic E-state index is -0.658. The number of methoxy groups -OCH3 is 1. The highest BCUT2D eigenvalue weighted by Crippen LogP contribution is 2.38. The maximum Gasteiger partial charge on any atom is 0.327 e. The first-order valence-electron chi connectivity index (χ1n) is 9.24. The molecule has 0 radical (unpaired) electrons. The highest BCUT2D eigenvalue weighted by atomic mass is 16.5. The van der Waals surface area contributed by atoms with Crippen LogP contribution in [0.3, 0.4) is 0 Å². The van der Waals surface area contributed by atoms with Crippen molar-refractivity contribution in [1.82, 2.24) is 14.7 Å². The topological polar surface area (TPSA) is 53.1 Å². The number of imide groups is 1. The lowest BCUT2D eigenvalue weighted by Crippen LogP contribution is -2.58. The third-order valence-electron chi connectivity index (χ3n) is 5.53. The van der Waals surface area contributed by atoms with Crippen LogP contribution in [0.5, 0.6) is 0 Å². The van der Waals surface area contributed by atoms with Gasteiger partial charge in [0.25, 0.3) is 5.91 Å². The second kappa shape index (κ2) is 7.83. The molecular formula is C18H33N3O3. The lowest BCUT2D eigenvalue weighted by Gasteiger charge is -2.43. The van der Waals surface area contributed by atoms with Crippen LogP contribution in [0.2, 0.25) is 0 Å². The fourth-order valence-corrected chi connectivity index (χ4v) is 3.88. The first-order chi connectivity index (χ1) is 11.4. The van der Waals surface area contributed by atoms with E-state index in [-0.39, 0.29) is 17.9 Å². The van der Waals surface area contributed by atoms with Gasteiger partial charge in [-0.25, -0.2) is 4.79 Å². The van der Waals surface area contributed by atoms with Crippen LogP contribution in [-0.2, 0) is 9.53 Å². The number of ether oxygens (including phenoxy) is 1. The molecule has 6 heteroatoms. The van der Waals surface area contributed by atoms with Crippen molar-refractivity contribution in [3.63, 3.8) is 0 Å². The van der Waals surface area contributed by atoms with Crippen LogP contribution in [0.4, 0.5) is 4.79 Å². The molecule has 2 heterocycles. The summed E-state index contributed by atoms with van der Waals surface area (Å²) in [5, 5.41) is 0. The Morgan fingerprint density at radius 3 is 2.29 bits per heavy atom. The molecule has 2 saturated heterocycles. The summed E-state index contributed by atoms with van der Waals surface area (Å²) in [5.41, 5.74) is -0.658. The fraction of sp³-hybridized carbons (Fsp3) is 0.889. The van der Waals surface area contributed by atoms with E-state index < -0.39 is 5.54 Å². The van der Waals surface area contributed by atoms with Crippen LogP contribution >= 0.6 is 0 Å². The molecular weight excluding hydrogens is 306 g/mol. The average molecular weight is 339 g/mol. The van der Waals surface area contributed by atoms with Crippen molar-refractivity contribution in [3.8, 4) is 0 Å². The third-order valence-corrected chi connectivity index (χ3v) is 5.53. The third kappa shape index (κ3) is 3.45. The quantitative estimate of drug-likeness (QED) is 0.667. The van der Waals surface area contributed by atoms with Crippen molar-refractivity contribution in [2.75, 3.05) is 39.9 Å². The minimum absolute atomic E-state index is 0.00102. The molecule has 6 nitrogen and oxygen atoms in total. The van der Waals surface area contributed by atoms with Crippen molar-refractivity contribution in [2.45, 2.75) is 58.5 Å². The van der Waals surface area contributed by atoms with Crippen LogP contribution in [0, 0.1) is 5.92 Å². The predicted octanol–water partition coefficient (Wildman–Crippen LogP) is 2.19. The number of likely N-dealkylation sites (tertiary alicyclic amines) is 1. The highest BCUT2D eigenvalue weighted by Gasteiger charge is 2.57. The van der Waals surface area contributed by atoms with E-state index in [1.54, 1.807) is 12.0 Å². The standard InChI is InChI=1S/C18H33N3O3/c1-6-15(4)19-9-7-18(8-10-19)16(22)20(13-14(2)3)17(23)21(18)11-12-24-5/h14-15H,6-13H2,1-5H3/t15-/m0/s1. The summed E-state index contributed by atoms with van der Waals surface area (Å²) in [6, 6.07) is 0.386. The van der Waals surface area contributed by atoms with E-state index >= 15 is 0 Å². The largest absolute Gasteiger partial charge is 0.383 e. The number of nitrogens with zero attached hydrogens (tertiary/aromatic N) is 3. The van der Waals surface area contributed by atoms with Crippen molar-refractivity contribution in [1.29, 1.82) is 0 Å². The molecule has 0 aromatic rings. The molecule has 0 aromatic heterocycles. The van der Waals surface area contributed by atoms with Crippen LogP contribution in [0.1, 0.15) is 47.0 Å². The van der Waals surface area contributed by atoms with E-state index in [4.69, 9.17) is 4.74 Å². The molecule has 0 saturated carbocycles. The van der Waals surface area contributed by atoms with Gasteiger partial charge in [0.15, 0.2) is 0 Å². The molecule has 2 aliphatic rings. The average Bonchev–Trinajstić information content (AvgIpc) is 2.75. The zero-order chi connectivity index (χ0) is 17.9. The molecule has 0 unspecified atom stereocenters. The number of carbonyl (C=O) groups excluding carboxylic acids is 2. The maximum atomic E-state index is 13.2. The van der Waals surface area contributed by atoms with Gasteiger partial charge in [-0.15, -0.1) is 0 Å². The molecule has 2 rings (SSSR count). The number of hydrogen-bond acceptors (Lipinski definition) is 4. The summed E-state index contributed by atoms with van der Waals surface area (Å²) in [6.45, 7) is 11.7. The number of amides is 3. The molecule has 2 fully saturated rings. The number of urea groups is 1. The Balaban J connectivity index is 2.21. The first kappa shape index (κ1) is 19.2. The van der Waals surface area contributed by atoms with Crippen LogP contribution < -0.4 is 0 Å². The van der Waals surface area contributed by atoms with Crippen LogP contribution in [0.15, 0.2) is 0 Å². The molecule has 2 aliphatic heterocycles. The lowest BCUT2D eigenvalue weighted by molar-refractivity contribution is -0.136. The first-order valence-corrected chi connectivity index (χ1v) is 9.24. The zero-order valence-corrected chi connectivity index (χ0v) is 15.9. The highest BCUT2D eigenvalue weighted by molar-refractivity contribution is 6.07. The van der Waals surface area contributed by atoms with Crippen LogP contribution in [0.25, 0.3) is 0 Å². The summed E-state index contributed by atoms with van der Waals surface area (Å²) in [5.74, 6) is 0.277. The van der Waals surface area contributed by atoms with E-state index in [0.717, 1.165) is 32.4 Å². The van der Waals surface area contributed by atoms with Gasteiger partial charge in [0.2, 0.25) is 0 Å². The van der Waals surface area contributed by atoms with Gasteiger partial charge >= 0.3 is 6.03 Å². The molecule has 24 heavy (non-hydrogen) atoms. The summed E-state index contributed by atoms with van der Waals surface area (Å²) < 4.78 is 5.18. The van der Waals surface area contributed by atoms with E-state index in [9.17, 15) is 9.59 Å². The molecule has 0 aliphatic carbocycles. The van der Waals surface area contributed by atoms with E-state index in [1.807, 2.05) is 13.8 Å². The molecule has 0 aromatic carbocycles. The summed E-state index contributed by atoms with van der Waals surface area (Å²) in [7, 11) is 1.63. The smallest absolute Gasteiger partial charge is 0.327 e. The Labute approximate surface area is 146 Å². The Morgan fingerprint density at radius 1 is 1.17 bits per heavy atom. The normalized spacial score (nSPS) is 22.9. The molecule has 138 valence electrons. The monoisotopic (exact) mass is 339 g/mol. The van der Waals surface area contributed by atoms with E-state index in [0.29, 0.717) is 25.7 Å². The fourth-order valence-electron chi connectivity index (χ4n) is 3.88. The molecule has 0 bridgehead atoms. The van der Waals surface area contributed by atoms with Gasteiger partial charge in [-0.2, -0.15) is 0 Å². The van der Waals surface area contributed by atoms with Gasteiger partial charge < -0.3 is 14.5 Å². The maximum absolute atomic E-state index is 13.2. The summed E-state index contributed by atoms with van der Waals surface area (Å²) in [4.78, 5) is 31.7. The summed E-state index contributed by atoms with van der Waals surface area (Å²) in [6.07, 6.45) is 2.55. The van der Waals surface area contributed by atoms with Crippen LogP contribution in [-0.4, -0.2) is 78.1 Å². The van der Waals surface area contributed by atoms with Gasteiger partial charge in [0, 0.05) is 39.3 Å². The number of hydrogen-bond donors (Lipinski definition) is 0. The Bertz CT molecular complexity index is 458. The minimum Gasteiger partial charge on any atom is -0.383 e. The molecule has 1 atom stereocenters. The molecule has 3 amide bonds. The number of piperidine rings is 1. The second-order valence-electron chi connectivity index (χ2n) is 7.56. The Kier molecular flexibility index (Phi) is 6.26. The van der Waals surface area contributed by atoms with Gasteiger partial charge in [0.1, 0.15) is 5.54 Å². The van der Waals surface area contributed by atoms with E-state index in [1.165, 1.54) is 4.90 Å². The van der Waals surface area contributed by atoms with Gasteiger partial charge in [-0.05, 0) is 32.1 Å². The number of carbonyl (C=O) groups is 2. The molecule has 0 N–H and O–H groups in total.